The molecule has 4 nitrogen and oxygen atoms in total. The topological polar surface area (TPSA) is 60.4 Å². The van der Waals surface area contributed by atoms with Gasteiger partial charge in [0.1, 0.15) is 5.78 Å². The SMILES string of the molecule is CCCCCCCCCCCCCCCCCC(=O)CC(=O)c1cccc(C(=O)OC)c1. The van der Waals surface area contributed by atoms with Crippen molar-refractivity contribution >= 4 is 17.5 Å². The summed E-state index contributed by atoms with van der Waals surface area (Å²) in [5, 5.41) is 0. The van der Waals surface area contributed by atoms with Crippen LogP contribution in [0.2, 0.25) is 0 Å². The molecule has 0 atom stereocenters. The quantitative estimate of drug-likeness (QED) is 0.0888. The highest BCUT2D eigenvalue weighted by molar-refractivity contribution is 6.08. The Morgan fingerprint density at radius 2 is 1.16 bits per heavy atom. The third-order valence-electron chi connectivity index (χ3n) is 6.02. The Balaban J connectivity index is 2.00. The lowest BCUT2D eigenvalue weighted by Gasteiger charge is -2.05. The van der Waals surface area contributed by atoms with E-state index >= 15 is 0 Å². The fourth-order valence-electron chi connectivity index (χ4n) is 4.00. The molecule has 0 saturated heterocycles. The van der Waals surface area contributed by atoms with Gasteiger partial charge >= 0.3 is 5.97 Å². The summed E-state index contributed by atoms with van der Waals surface area (Å²) in [5.74, 6) is -0.737. The van der Waals surface area contributed by atoms with Gasteiger partial charge in [-0.15, -0.1) is 0 Å². The number of carbonyl (C=O) groups is 3. The van der Waals surface area contributed by atoms with Gasteiger partial charge in [-0.1, -0.05) is 109 Å². The Kier molecular flexibility index (Phi) is 16.3. The molecule has 0 radical (unpaired) electrons. The molecule has 0 amide bonds. The van der Waals surface area contributed by atoms with Crippen molar-refractivity contribution in [3.63, 3.8) is 0 Å². The van der Waals surface area contributed by atoms with Crippen molar-refractivity contribution in [2.24, 2.45) is 0 Å². The van der Waals surface area contributed by atoms with E-state index < -0.39 is 5.97 Å². The Labute approximate surface area is 195 Å². The lowest BCUT2D eigenvalue weighted by atomic mass is 10.00. The predicted molar refractivity (Wildman–Crippen MR) is 131 cm³/mol. The van der Waals surface area contributed by atoms with Crippen LogP contribution < -0.4 is 0 Å². The van der Waals surface area contributed by atoms with E-state index in [0.717, 1.165) is 12.8 Å². The number of ether oxygens (including phenoxy) is 1. The number of hydrogen-bond acceptors (Lipinski definition) is 4. The number of benzene rings is 1. The third kappa shape index (κ3) is 13.4. The molecule has 0 aliphatic carbocycles. The highest BCUT2D eigenvalue weighted by Gasteiger charge is 2.14. The minimum atomic E-state index is -0.483. The second-order valence-electron chi connectivity index (χ2n) is 8.91. The van der Waals surface area contributed by atoms with E-state index in [1.54, 1.807) is 18.2 Å². The molecule has 180 valence electrons. The molecular weight excluding hydrogens is 400 g/mol. The van der Waals surface area contributed by atoms with E-state index in [-0.39, 0.29) is 18.0 Å². The van der Waals surface area contributed by atoms with E-state index in [9.17, 15) is 14.4 Å². The van der Waals surface area contributed by atoms with Gasteiger partial charge in [0.15, 0.2) is 5.78 Å². The van der Waals surface area contributed by atoms with E-state index in [2.05, 4.69) is 11.7 Å². The molecule has 32 heavy (non-hydrogen) atoms. The monoisotopic (exact) mass is 444 g/mol. The summed E-state index contributed by atoms with van der Waals surface area (Å²) in [6, 6.07) is 6.36. The summed E-state index contributed by atoms with van der Waals surface area (Å²) in [4.78, 5) is 36.0. The van der Waals surface area contributed by atoms with E-state index in [1.165, 1.54) is 96.6 Å². The average Bonchev–Trinajstić information content (AvgIpc) is 2.81. The molecule has 0 bridgehead atoms. The summed E-state index contributed by atoms with van der Waals surface area (Å²) in [7, 11) is 1.30. The molecule has 0 aliphatic heterocycles. The molecule has 0 spiro atoms. The van der Waals surface area contributed by atoms with Gasteiger partial charge in [0.2, 0.25) is 0 Å². The third-order valence-corrected chi connectivity index (χ3v) is 6.02. The molecule has 0 N–H and O–H groups in total. The van der Waals surface area contributed by atoms with Gasteiger partial charge in [0.05, 0.1) is 19.1 Å². The van der Waals surface area contributed by atoms with Gasteiger partial charge in [-0.05, 0) is 18.6 Å². The Bertz CT molecular complexity index is 665. The van der Waals surface area contributed by atoms with Gasteiger partial charge < -0.3 is 4.74 Å². The van der Waals surface area contributed by atoms with Crippen LogP contribution in [0.3, 0.4) is 0 Å². The van der Waals surface area contributed by atoms with Crippen molar-refractivity contribution in [2.45, 2.75) is 116 Å². The summed E-state index contributed by atoms with van der Waals surface area (Å²) >= 11 is 0. The van der Waals surface area contributed by atoms with Crippen LogP contribution in [0.1, 0.15) is 137 Å². The first-order valence-corrected chi connectivity index (χ1v) is 12.8. The molecule has 1 aromatic carbocycles. The van der Waals surface area contributed by atoms with Crippen LogP contribution in [-0.2, 0) is 9.53 Å². The summed E-state index contributed by atoms with van der Waals surface area (Å²) < 4.78 is 4.67. The van der Waals surface area contributed by atoms with Crippen molar-refractivity contribution in [1.29, 1.82) is 0 Å². The molecule has 4 heteroatoms. The number of unbranched alkanes of at least 4 members (excludes halogenated alkanes) is 14. The zero-order valence-corrected chi connectivity index (χ0v) is 20.5. The van der Waals surface area contributed by atoms with Gasteiger partial charge in [0.25, 0.3) is 0 Å². The van der Waals surface area contributed by atoms with Crippen LogP contribution in [0, 0.1) is 0 Å². The zero-order chi connectivity index (χ0) is 23.4. The van der Waals surface area contributed by atoms with Gasteiger partial charge in [-0.25, -0.2) is 4.79 Å². The van der Waals surface area contributed by atoms with E-state index in [1.807, 2.05) is 0 Å². The van der Waals surface area contributed by atoms with Crippen LogP contribution in [-0.4, -0.2) is 24.6 Å². The Hall–Kier alpha value is -1.97. The van der Waals surface area contributed by atoms with Gasteiger partial charge in [-0.2, -0.15) is 0 Å². The van der Waals surface area contributed by atoms with Crippen molar-refractivity contribution in [1.82, 2.24) is 0 Å². The molecule has 0 unspecified atom stereocenters. The Morgan fingerprint density at radius 1 is 0.688 bits per heavy atom. The molecule has 0 aromatic heterocycles. The number of esters is 1. The molecule has 1 rings (SSSR count). The minimum Gasteiger partial charge on any atom is -0.465 e. The normalized spacial score (nSPS) is 10.8. The maximum Gasteiger partial charge on any atom is 0.337 e. The van der Waals surface area contributed by atoms with Crippen molar-refractivity contribution in [3.05, 3.63) is 35.4 Å². The number of hydrogen-bond donors (Lipinski definition) is 0. The number of rotatable bonds is 20. The summed E-state index contributed by atoms with van der Waals surface area (Å²) in [5.41, 5.74) is 0.714. The second-order valence-corrected chi connectivity index (χ2v) is 8.91. The van der Waals surface area contributed by atoms with Crippen LogP contribution in [0.5, 0.6) is 0 Å². The highest BCUT2D eigenvalue weighted by Crippen LogP contribution is 2.15. The zero-order valence-electron chi connectivity index (χ0n) is 20.5. The van der Waals surface area contributed by atoms with Crippen LogP contribution >= 0.6 is 0 Å². The predicted octanol–water partition coefficient (Wildman–Crippen LogP) is 7.88. The first-order valence-electron chi connectivity index (χ1n) is 12.8. The van der Waals surface area contributed by atoms with Crippen LogP contribution in [0.25, 0.3) is 0 Å². The molecule has 1 aromatic rings. The Morgan fingerprint density at radius 3 is 1.66 bits per heavy atom. The number of ketones is 2. The lowest BCUT2D eigenvalue weighted by Crippen LogP contribution is -2.09. The van der Waals surface area contributed by atoms with Gasteiger partial charge in [-0.3, -0.25) is 9.59 Å². The van der Waals surface area contributed by atoms with Crippen molar-refractivity contribution < 1.29 is 19.1 Å². The van der Waals surface area contributed by atoms with E-state index in [4.69, 9.17) is 0 Å². The first kappa shape index (κ1) is 28.1. The van der Waals surface area contributed by atoms with Crippen molar-refractivity contribution in [3.8, 4) is 0 Å². The average molecular weight is 445 g/mol. The van der Waals surface area contributed by atoms with Gasteiger partial charge in [0, 0.05) is 12.0 Å². The molecule has 0 saturated carbocycles. The van der Waals surface area contributed by atoms with E-state index in [0.29, 0.717) is 17.5 Å². The maximum absolute atomic E-state index is 12.3. The summed E-state index contributed by atoms with van der Waals surface area (Å²) in [6.07, 6.45) is 19.7. The smallest absolute Gasteiger partial charge is 0.337 e. The summed E-state index contributed by atoms with van der Waals surface area (Å²) in [6.45, 7) is 2.26. The standard InChI is InChI=1S/C28H44O4/c1-3-4-5-6-7-8-9-10-11-12-13-14-15-16-17-21-26(29)23-27(30)24-19-18-20-25(22-24)28(31)32-2/h18-20,22H,3-17,21,23H2,1-2H3. The first-order chi connectivity index (χ1) is 15.6. The molecular formula is C28H44O4. The maximum atomic E-state index is 12.3. The van der Waals surface area contributed by atoms with Crippen LogP contribution in [0.4, 0.5) is 0 Å². The fraction of sp³-hybridized carbons (Fsp3) is 0.679. The number of Topliss-reactive ketones (excluding diaryl/α,β-unsaturated/α-hetero) is 2. The molecule has 0 heterocycles. The van der Waals surface area contributed by atoms with Crippen LogP contribution in [0.15, 0.2) is 24.3 Å². The lowest BCUT2D eigenvalue weighted by molar-refractivity contribution is -0.118. The largest absolute Gasteiger partial charge is 0.465 e. The second kappa shape index (κ2) is 18.6. The molecule has 0 fully saturated rings. The highest BCUT2D eigenvalue weighted by atomic mass is 16.5. The fourth-order valence-corrected chi connectivity index (χ4v) is 4.00. The molecule has 0 aliphatic rings. The number of carbonyl (C=O) groups excluding carboxylic acids is 3. The number of methoxy groups -OCH3 is 1. The van der Waals surface area contributed by atoms with Crippen molar-refractivity contribution in [2.75, 3.05) is 7.11 Å². The minimum absolute atomic E-state index is 0.0202.